The molecular weight excluding hydrogens is 327 g/mol. The van der Waals surface area contributed by atoms with Gasteiger partial charge >= 0.3 is 6.18 Å². The lowest BCUT2D eigenvalue weighted by Crippen LogP contribution is -2.15. The third kappa shape index (κ3) is 4.24. The number of hydrogen-bond acceptors (Lipinski definition) is 5. The van der Waals surface area contributed by atoms with Crippen LogP contribution in [-0.4, -0.2) is 23.2 Å². The number of carbonyl (C=O) groups is 1. The molecule has 1 heterocycles. The van der Waals surface area contributed by atoms with Gasteiger partial charge in [0, 0.05) is 25.5 Å². The van der Waals surface area contributed by atoms with Crippen molar-refractivity contribution in [1.82, 2.24) is 10.2 Å². The molecule has 0 bridgehead atoms. The molecule has 0 saturated heterocycles. The fourth-order valence-corrected chi connectivity index (χ4v) is 2.08. The van der Waals surface area contributed by atoms with Crippen LogP contribution < -0.4 is 10.1 Å². The van der Waals surface area contributed by atoms with Crippen molar-refractivity contribution in [2.24, 2.45) is 0 Å². The van der Waals surface area contributed by atoms with E-state index < -0.39 is 17.6 Å². The Balaban J connectivity index is 2.12. The quantitative estimate of drug-likeness (QED) is 0.901. The molecule has 0 aliphatic carbocycles. The molecule has 2 aromatic rings. The first-order valence-electron chi connectivity index (χ1n) is 7.05. The largest absolute Gasteiger partial charge is 0.496 e. The van der Waals surface area contributed by atoms with Gasteiger partial charge in [0.2, 0.25) is 17.7 Å². The first kappa shape index (κ1) is 17.8. The number of hydrogen-bond donors (Lipinski definition) is 1. The summed E-state index contributed by atoms with van der Waals surface area (Å²) in [6, 6.07) is 2.10. The van der Waals surface area contributed by atoms with Crippen molar-refractivity contribution >= 4 is 11.6 Å². The van der Waals surface area contributed by atoms with Crippen molar-refractivity contribution in [1.29, 1.82) is 0 Å². The normalized spacial score (nSPS) is 11.4. The van der Waals surface area contributed by atoms with E-state index in [1.807, 2.05) is 0 Å². The molecule has 1 amide bonds. The van der Waals surface area contributed by atoms with Gasteiger partial charge in [0.15, 0.2) is 0 Å². The van der Waals surface area contributed by atoms with Crippen molar-refractivity contribution in [3.63, 3.8) is 0 Å². The first-order valence-corrected chi connectivity index (χ1v) is 7.05. The van der Waals surface area contributed by atoms with Gasteiger partial charge in [-0.1, -0.05) is 0 Å². The molecule has 0 fully saturated rings. The maximum Gasteiger partial charge on any atom is 0.420 e. The van der Waals surface area contributed by atoms with Crippen LogP contribution in [-0.2, 0) is 17.4 Å². The summed E-state index contributed by atoms with van der Waals surface area (Å²) >= 11 is 0. The Morgan fingerprint density at radius 3 is 2.54 bits per heavy atom. The number of halogens is 3. The monoisotopic (exact) mass is 343 g/mol. The van der Waals surface area contributed by atoms with Gasteiger partial charge < -0.3 is 14.5 Å². The summed E-state index contributed by atoms with van der Waals surface area (Å²) in [6.45, 7) is 3.20. The third-order valence-corrected chi connectivity index (χ3v) is 3.26. The first-order chi connectivity index (χ1) is 11.2. The molecule has 1 N–H and O–H groups in total. The topological polar surface area (TPSA) is 77.2 Å². The van der Waals surface area contributed by atoms with E-state index in [1.165, 1.54) is 6.07 Å². The SMILES string of the molecule is COc1cc(C)c(NC(=O)CCc2nnc(C)o2)cc1C(F)(F)F. The van der Waals surface area contributed by atoms with Gasteiger partial charge in [-0.15, -0.1) is 10.2 Å². The van der Waals surface area contributed by atoms with E-state index in [4.69, 9.17) is 9.15 Å². The Kier molecular flexibility index (Phi) is 5.10. The van der Waals surface area contributed by atoms with Gasteiger partial charge in [-0.05, 0) is 24.6 Å². The second-order valence-corrected chi connectivity index (χ2v) is 5.13. The zero-order valence-electron chi connectivity index (χ0n) is 13.3. The van der Waals surface area contributed by atoms with Crippen LogP contribution in [0, 0.1) is 13.8 Å². The molecule has 0 spiro atoms. The van der Waals surface area contributed by atoms with Crippen molar-refractivity contribution in [3.05, 3.63) is 35.0 Å². The number of aryl methyl sites for hydroxylation is 3. The number of rotatable bonds is 5. The summed E-state index contributed by atoms with van der Waals surface area (Å²) < 4.78 is 49.0. The van der Waals surface area contributed by atoms with E-state index in [1.54, 1.807) is 13.8 Å². The van der Waals surface area contributed by atoms with Crippen LogP contribution in [0.25, 0.3) is 0 Å². The minimum atomic E-state index is -4.58. The van der Waals surface area contributed by atoms with Crippen molar-refractivity contribution < 1.29 is 27.1 Å². The number of benzene rings is 1. The molecule has 0 radical (unpaired) electrons. The highest BCUT2D eigenvalue weighted by Crippen LogP contribution is 2.39. The number of carbonyl (C=O) groups excluding carboxylic acids is 1. The Morgan fingerprint density at radius 1 is 1.29 bits per heavy atom. The number of nitrogens with zero attached hydrogens (tertiary/aromatic N) is 2. The molecule has 6 nitrogen and oxygen atoms in total. The highest BCUT2D eigenvalue weighted by molar-refractivity contribution is 5.91. The second kappa shape index (κ2) is 6.90. The molecule has 2 rings (SSSR count). The van der Waals surface area contributed by atoms with E-state index >= 15 is 0 Å². The lowest BCUT2D eigenvalue weighted by molar-refractivity contribution is -0.138. The van der Waals surface area contributed by atoms with Crippen molar-refractivity contribution in [3.8, 4) is 5.75 Å². The van der Waals surface area contributed by atoms with Crippen LogP contribution in [0.2, 0.25) is 0 Å². The molecular formula is C15H16F3N3O3. The highest BCUT2D eigenvalue weighted by atomic mass is 19.4. The van der Waals surface area contributed by atoms with Gasteiger partial charge in [-0.3, -0.25) is 4.79 Å². The van der Waals surface area contributed by atoms with Gasteiger partial charge in [-0.25, -0.2) is 0 Å². The Morgan fingerprint density at radius 2 is 2.00 bits per heavy atom. The zero-order chi connectivity index (χ0) is 17.9. The van der Waals surface area contributed by atoms with E-state index in [9.17, 15) is 18.0 Å². The number of ether oxygens (including phenoxy) is 1. The average Bonchev–Trinajstić information content (AvgIpc) is 2.91. The van der Waals surface area contributed by atoms with Crippen molar-refractivity contribution in [2.45, 2.75) is 32.9 Å². The summed E-state index contributed by atoms with van der Waals surface area (Å²) in [5.74, 6) is -0.0668. The fraction of sp³-hybridized carbons (Fsp3) is 0.400. The third-order valence-electron chi connectivity index (χ3n) is 3.26. The van der Waals surface area contributed by atoms with Gasteiger partial charge in [0.05, 0.1) is 12.7 Å². The number of nitrogens with one attached hydrogen (secondary N) is 1. The summed E-state index contributed by atoms with van der Waals surface area (Å²) in [5, 5.41) is 9.85. The van der Waals surface area contributed by atoms with E-state index in [0.29, 0.717) is 17.3 Å². The Labute approximate surface area is 136 Å². The zero-order valence-corrected chi connectivity index (χ0v) is 13.3. The fourth-order valence-electron chi connectivity index (χ4n) is 2.08. The average molecular weight is 343 g/mol. The molecule has 0 atom stereocenters. The number of methoxy groups -OCH3 is 1. The van der Waals surface area contributed by atoms with Crippen LogP contribution in [0.1, 0.15) is 29.3 Å². The molecule has 0 unspecified atom stereocenters. The molecule has 1 aromatic heterocycles. The van der Waals surface area contributed by atoms with E-state index in [0.717, 1.165) is 13.2 Å². The van der Waals surface area contributed by atoms with Gasteiger partial charge in [-0.2, -0.15) is 13.2 Å². The van der Waals surface area contributed by atoms with E-state index in [-0.39, 0.29) is 24.3 Å². The van der Waals surface area contributed by atoms with E-state index in [2.05, 4.69) is 15.5 Å². The van der Waals surface area contributed by atoms with Crippen LogP contribution in [0.4, 0.5) is 18.9 Å². The lowest BCUT2D eigenvalue weighted by Gasteiger charge is -2.16. The van der Waals surface area contributed by atoms with Crippen LogP contribution in [0.3, 0.4) is 0 Å². The summed E-state index contributed by atoms with van der Waals surface area (Å²) in [5.41, 5.74) is -0.407. The summed E-state index contributed by atoms with van der Waals surface area (Å²) in [6.07, 6.45) is -4.37. The minimum absolute atomic E-state index is 0.00839. The Hall–Kier alpha value is -2.58. The van der Waals surface area contributed by atoms with Crippen LogP contribution in [0.15, 0.2) is 16.5 Å². The maximum absolute atomic E-state index is 13.0. The molecule has 0 aliphatic heterocycles. The highest BCUT2D eigenvalue weighted by Gasteiger charge is 2.35. The summed E-state index contributed by atoms with van der Waals surface area (Å²) in [4.78, 5) is 11.9. The van der Waals surface area contributed by atoms with Crippen molar-refractivity contribution in [2.75, 3.05) is 12.4 Å². The Bertz CT molecular complexity index is 741. The standard InChI is InChI=1S/C15H16F3N3O3/c1-8-6-12(23-3)10(15(16,17)18)7-11(8)19-13(22)4-5-14-21-20-9(2)24-14/h6-7H,4-5H2,1-3H3,(H,19,22). The molecule has 0 aliphatic rings. The predicted molar refractivity (Wildman–Crippen MR) is 78.7 cm³/mol. The minimum Gasteiger partial charge on any atom is -0.496 e. The number of amides is 1. The molecule has 24 heavy (non-hydrogen) atoms. The van der Waals surface area contributed by atoms with Gasteiger partial charge in [0.1, 0.15) is 5.75 Å². The molecule has 0 saturated carbocycles. The van der Waals surface area contributed by atoms with Crippen LogP contribution in [0.5, 0.6) is 5.75 Å². The summed E-state index contributed by atoms with van der Waals surface area (Å²) in [7, 11) is 1.16. The lowest BCUT2D eigenvalue weighted by atomic mass is 10.1. The van der Waals surface area contributed by atoms with Gasteiger partial charge in [0.25, 0.3) is 0 Å². The molecule has 9 heteroatoms. The molecule has 1 aromatic carbocycles. The second-order valence-electron chi connectivity index (χ2n) is 5.13. The predicted octanol–water partition coefficient (Wildman–Crippen LogP) is 3.29. The molecule has 130 valence electrons. The number of anilines is 1. The number of aromatic nitrogens is 2. The smallest absolute Gasteiger partial charge is 0.420 e. The maximum atomic E-state index is 13.0. The van der Waals surface area contributed by atoms with Crippen LogP contribution >= 0.6 is 0 Å². The number of alkyl halides is 3.